The number of aryl methyl sites for hydroxylation is 1. The van der Waals surface area contributed by atoms with Gasteiger partial charge in [-0.1, -0.05) is 35.9 Å². The highest BCUT2D eigenvalue weighted by molar-refractivity contribution is 8.18. The highest BCUT2D eigenvalue weighted by Crippen LogP contribution is 2.34. The van der Waals surface area contributed by atoms with Gasteiger partial charge in [0.25, 0.3) is 11.1 Å². The molecule has 2 amide bonds. The number of carbonyl (C=O) groups excluding carboxylic acids is 3. The van der Waals surface area contributed by atoms with Gasteiger partial charge in [-0.05, 0) is 61.9 Å². The van der Waals surface area contributed by atoms with Crippen molar-refractivity contribution >= 4 is 35.0 Å². The van der Waals surface area contributed by atoms with Crippen LogP contribution in [0.25, 0.3) is 6.08 Å². The van der Waals surface area contributed by atoms with Crippen molar-refractivity contribution in [3.8, 4) is 11.5 Å². The number of methoxy groups -OCH3 is 1. The third kappa shape index (κ3) is 5.91. The van der Waals surface area contributed by atoms with Crippen LogP contribution < -0.4 is 9.47 Å². The molecule has 0 radical (unpaired) electrons. The molecule has 0 N–H and O–H groups in total. The lowest BCUT2D eigenvalue weighted by atomic mass is 10.1. The van der Waals surface area contributed by atoms with E-state index < -0.39 is 23.7 Å². The molecule has 1 aliphatic heterocycles. The van der Waals surface area contributed by atoms with Gasteiger partial charge in [0, 0.05) is 0 Å². The van der Waals surface area contributed by atoms with E-state index in [4.69, 9.17) is 14.2 Å². The van der Waals surface area contributed by atoms with Gasteiger partial charge >= 0.3 is 5.97 Å². The molecular formula is C24H25NO6S. The number of esters is 1. The zero-order chi connectivity index (χ0) is 23.3. The van der Waals surface area contributed by atoms with E-state index >= 15 is 0 Å². The van der Waals surface area contributed by atoms with Crippen LogP contribution in [0.1, 0.15) is 30.5 Å². The average molecular weight is 456 g/mol. The zero-order valence-corrected chi connectivity index (χ0v) is 19.2. The van der Waals surface area contributed by atoms with Gasteiger partial charge in [0.1, 0.15) is 13.2 Å². The molecule has 0 unspecified atom stereocenters. The summed E-state index contributed by atoms with van der Waals surface area (Å²) in [5.41, 5.74) is 2.88. The number of thioether (sulfide) groups is 1. The van der Waals surface area contributed by atoms with Crippen molar-refractivity contribution in [2.45, 2.75) is 33.5 Å². The first-order chi connectivity index (χ1) is 15.3. The third-order valence-electron chi connectivity index (χ3n) is 4.53. The third-order valence-corrected chi connectivity index (χ3v) is 5.44. The number of hydrogen-bond donors (Lipinski definition) is 0. The van der Waals surface area contributed by atoms with Crippen molar-refractivity contribution in [3.63, 3.8) is 0 Å². The van der Waals surface area contributed by atoms with E-state index in [2.05, 4.69) is 0 Å². The van der Waals surface area contributed by atoms with Gasteiger partial charge in [-0.15, -0.1) is 0 Å². The fourth-order valence-electron chi connectivity index (χ4n) is 2.96. The van der Waals surface area contributed by atoms with Gasteiger partial charge in [-0.3, -0.25) is 19.3 Å². The summed E-state index contributed by atoms with van der Waals surface area (Å²) in [5.74, 6) is -0.0833. The minimum Gasteiger partial charge on any atom is -0.493 e. The lowest BCUT2D eigenvalue weighted by Gasteiger charge is -2.13. The maximum atomic E-state index is 12.6. The molecule has 1 aliphatic rings. The predicted molar refractivity (Wildman–Crippen MR) is 122 cm³/mol. The van der Waals surface area contributed by atoms with E-state index in [9.17, 15) is 14.4 Å². The highest BCUT2D eigenvalue weighted by atomic mass is 32.2. The van der Waals surface area contributed by atoms with Gasteiger partial charge in [-0.2, -0.15) is 0 Å². The second-order valence-corrected chi connectivity index (χ2v) is 8.48. The summed E-state index contributed by atoms with van der Waals surface area (Å²) in [7, 11) is 1.53. The summed E-state index contributed by atoms with van der Waals surface area (Å²) in [4.78, 5) is 37.7. The molecule has 2 aromatic carbocycles. The van der Waals surface area contributed by atoms with E-state index in [0.29, 0.717) is 23.7 Å². The number of nitrogens with zero attached hydrogens (tertiary/aromatic N) is 1. The van der Waals surface area contributed by atoms with E-state index in [0.717, 1.165) is 22.2 Å². The summed E-state index contributed by atoms with van der Waals surface area (Å²) in [6.07, 6.45) is 1.27. The predicted octanol–water partition coefficient (Wildman–Crippen LogP) is 4.57. The molecule has 0 bridgehead atoms. The Bertz CT molecular complexity index is 1040. The van der Waals surface area contributed by atoms with Crippen LogP contribution in [-0.4, -0.2) is 41.8 Å². The van der Waals surface area contributed by atoms with Crippen LogP contribution >= 0.6 is 11.8 Å². The molecule has 168 valence electrons. The molecule has 7 nitrogen and oxygen atoms in total. The number of amides is 2. The molecule has 1 fully saturated rings. The van der Waals surface area contributed by atoms with Crippen LogP contribution in [0, 0.1) is 6.92 Å². The number of hydrogen-bond acceptors (Lipinski definition) is 7. The molecule has 8 heteroatoms. The van der Waals surface area contributed by atoms with Crippen LogP contribution in [0.2, 0.25) is 0 Å². The number of ether oxygens (including phenoxy) is 3. The Morgan fingerprint density at radius 3 is 2.47 bits per heavy atom. The minimum absolute atomic E-state index is 0.225. The van der Waals surface area contributed by atoms with Crippen LogP contribution in [0.15, 0.2) is 47.4 Å². The molecule has 1 heterocycles. The van der Waals surface area contributed by atoms with Crippen LogP contribution in [-0.2, 0) is 20.9 Å². The monoisotopic (exact) mass is 455 g/mol. The van der Waals surface area contributed by atoms with E-state index in [1.54, 1.807) is 38.1 Å². The van der Waals surface area contributed by atoms with Crippen LogP contribution in [0.5, 0.6) is 11.5 Å². The van der Waals surface area contributed by atoms with Gasteiger partial charge in [0.2, 0.25) is 0 Å². The summed E-state index contributed by atoms with van der Waals surface area (Å²) in [5, 5.41) is -0.507. The molecule has 0 aromatic heterocycles. The van der Waals surface area contributed by atoms with Crippen LogP contribution in [0.3, 0.4) is 0 Å². The Hall–Kier alpha value is -3.26. The number of imide groups is 1. The average Bonchev–Trinajstić information content (AvgIpc) is 3.00. The fourth-order valence-corrected chi connectivity index (χ4v) is 3.79. The Balaban J connectivity index is 1.71. The lowest BCUT2D eigenvalue weighted by molar-refractivity contribution is -0.149. The largest absolute Gasteiger partial charge is 0.493 e. The first kappa shape index (κ1) is 23.4. The Kier molecular flexibility index (Phi) is 7.58. The second-order valence-electron chi connectivity index (χ2n) is 7.49. The standard InChI is InChI=1S/C24H25NO6S/c1-15(2)31-22(26)13-25-23(27)21(32-24(25)28)12-18-9-10-19(20(11-18)29-4)30-14-17-7-5-16(3)6-8-17/h5-12,15H,13-14H2,1-4H3/b21-12-. The molecule has 3 rings (SSSR count). The van der Waals surface area contributed by atoms with Gasteiger partial charge in [0.15, 0.2) is 11.5 Å². The Morgan fingerprint density at radius 1 is 1.09 bits per heavy atom. The van der Waals surface area contributed by atoms with Crippen molar-refractivity contribution in [2.24, 2.45) is 0 Å². The smallest absolute Gasteiger partial charge is 0.326 e. The molecule has 0 spiro atoms. The molecule has 2 aromatic rings. The molecule has 32 heavy (non-hydrogen) atoms. The molecule has 0 saturated carbocycles. The minimum atomic E-state index is -0.625. The summed E-state index contributed by atoms with van der Waals surface area (Å²) in [6.45, 7) is 5.41. The second kappa shape index (κ2) is 10.4. The van der Waals surface area contributed by atoms with Crippen molar-refractivity contribution in [3.05, 3.63) is 64.1 Å². The van der Waals surface area contributed by atoms with Crippen molar-refractivity contribution < 1.29 is 28.6 Å². The highest BCUT2D eigenvalue weighted by Gasteiger charge is 2.36. The normalized spacial score (nSPS) is 14.9. The maximum absolute atomic E-state index is 12.6. The fraction of sp³-hybridized carbons (Fsp3) is 0.292. The summed E-state index contributed by atoms with van der Waals surface area (Å²) >= 11 is 0.783. The Labute approximate surface area is 191 Å². The van der Waals surface area contributed by atoms with Crippen molar-refractivity contribution in [2.75, 3.05) is 13.7 Å². The summed E-state index contributed by atoms with van der Waals surface area (Å²) in [6, 6.07) is 13.3. The molecular weight excluding hydrogens is 430 g/mol. The van der Waals surface area contributed by atoms with E-state index in [1.165, 1.54) is 12.7 Å². The number of carbonyl (C=O) groups is 3. The summed E-state index contributed by atoms with van der Waals surface area (Å²) < 4.78 is 16.3. The van der Waals surface area contributed by atoms with Gasteiger partial charge in [0.05, 0.1) is 18.1 Å². The van der Waals surface area contributed by atoms with Crippen molar-refractivity contribution in [1.29, 1.82) is 0 Å². The van der Waals surface area contributed by atoms with Gasteiger partial charge in [-0.25, -0.2) is 0 Å². The topological polar surface area (TPSA) is 82.1 Å². The van der Waals surface area contributed by atoms with E-state index in [1.807, 2.05) is 31.2 Å². The number of benzene rings is 2. The number of rotatable bonds is 8. The lowest BCUT2D eigenvalue weighted by Crippen LogP contribution is -2.35. The first-order valence-corrected chi connectivity index (χ1v) is 10.9. The van der Waals surface area contributed by atoms with E-state index in [-0.39, 0.29) is 11.0 Å². The zero-order valence-electron chi connectivity index (χ0n) is 18.4. The molecule has 0 atom stereocenters. The van der Waals surface area contributed by atoms with Gasteiger partial charge < -0.3 is 14.2 Å². The SMILES string of the molecule is COc1cc(/C=C2\SC(=O)N(CC(=O)OC(C)C)C2=O)ccc1OCc1ccc(C)cc1. The molecule has 1 saturated heterocycles. The van der Waals surface area contributed by atoms with Crippen LogP contribution in [0.4, 0.5) is 4.79 Å². The first-order valence-electron chi connectivity index (χ1n) is 10.1. The Morgan fingerprint density at radius 2 is 1.81 bits per heavy atom. The maximum Gasteiger partial charge on any atom is 0.326 e. The van der Waals surface area contributed by atoms with Crippen molar-refractivity contribution in [1.82, 2.24) is 4.90 Å². The quantitative estimate of drug-likeness (QED) is 0.426. The molecule has 0 aliphatic carbocycles.